The van der Waals surface area contributed by atoms with E-state index < -0.39 is 0 Å². The van der Waals surface area contributed by atoms with Crippen LogP contribution in [0.15, 0.2) is 34.3 Å². The van der Waals surface area contributed by atoms with Crippen LogP contribution >= 0.6 is 11.8 Å². The molecule has 2 bridgehead atoms. The van der Waals surface area contributed by atoms with E-state index in [2.05, 4.69) is 36.3 Å². The summed E-state index contributed by atoms with van der Waals surface area (Å²) in [5.74, 6) is 1.27. The van der Waals surface area contributed by atoms with Crippen molar-refractivity contribution in [3.05, 3.63) is 29.8 Å². The lowest BCUT2D eigenvalue weighted by Crippen LogP contribution is -2.24. The molecule has 0 radical (unpaired) electrons. The molecule has 2 aliphatic carbocycles. The van der Waals surface area contributed by atoms with Crippen molar-refractivity contribution in [1.29, 1.82) is 0 Å². The fourth-order valence-corrected chi connectivity index (χ4v) is 4.48. The van der Waals surface area contributed by atoms with Crippen LogP contribution in [0.5, 0.6) is 0 Å². The van der Waals surface area contributed by atoms with Gasteiger partial charge in [-0.15, -0.1) is 11.8 Å². The molecule has 3 rings (SSSR count). The van der Waals surface area contributed by atoms with Crippen LogP contribution < -0.4 is 0 Å². The highest BCUT2D eigenvalue weighted by Crippen LogP contribution is 2.49. The first-order valence-corrected chi connectivity index (χ1v) is 7.11. The maximum absolute atomic E-state index is 9.16. The average molecular weight is 247 g/mol. The van der Waals surface area contributed by atoms with Crippen molar-refractivity contribution >= 4 is 17.5 Å². The number of oxime groups is 1. The van der Waals surface area contributed by atoms with Crippen molar-refractivity contribution in [3.63, 3.8) is 0 Å². The number of rotatable bonds is 2. The van der Waals surface area contributed by atoms with Gasteiger partial charge in [0.25, 0.3) is 0 Å². The van der Waals surface area contributed by atoms with Crippen molar-refractivity contribution in [2.75, 3.05) is 0 Å². The Kier molecular flexibility index (Phi) is 2.87. The summed E-state index contributed by atoms with van der Waals surface area (Å²) >= 11 is 1.86. The summed E-state index contributed by atoms with van der Waals surface area (Å²) in [7, 11) is 0. The largest absolute Gasteiger partial charge is 0.411 e. The van der Waals surface area contributed by atoms with Gasteiger partial charge in [0, 0.05) is 10.8 Å². The van der Waals surface area contributed by atoms with Crippen LogP contribution in [0.1, 0.15) is 24.8 Å². The molecule has 1 N–H and O–H groups in total. The summed E-state index contributed by atoms with van der Waals surface area (Å²) in [6, 6.07) is 8.62. The lowest BCUT2D eigenvalue weighted by molar-refractivity contribution is 0.314. The molecule has 0 amide bonds. The minimum absolute atomic E-state index is 0.404. The van der Waals surface area contributed by atoms with Gasteiger partial charge in [-0.05, 0) is 44.2 Å². The van der Waals surface area contributed by atoms with Crippen LogP contribution in [-0.4, -0.2) is 16.2 Å². The first-order valence-electron chi connectivity index (χ1n) is 6.23. The van der Waals surface area contributed by atoms with E-state index >= 15 is 0 Å². The van der Waals surface area contributed by atoms with E-state index in [-0.39, 0.29) is 0 Å². The quantitative estimate of drug-likeness (QED) is 0.638. The maximum Gasteiger partial charge on any atom is 0.0737 e. The molecule has 3 atom stereocenters. The Labute approximate surface area is 106 Å². The number of hydrogen-bond donors (Lipinski definition) is 1. The van der Waals surface area contributed by atoms with E-state index in [1.807, 2.05) is 11.8 Å². The van der Waals surface area contributed by atoms with Gasteiger partial charge in [0.2, 0.25) is 0 Å². The molecule has 90 valence electrons. The zero-order valence-electron chi connectivity index (χ0n) is 9.97. The molecule has 0 unspecified atom stereocenters. The van der Waals surface area contributed by atoms with Crippen molar-refractivity contribution in [3.8, 4) is 0 Å². The first-order chi connectivity index (χ1) is 8.28. The highest BCUT2D eigenvalue weighted by atomic mass is 32.2. The van der Waals surface area contributed by atoms with Gasteiger partial charge in [-0.3, -0.25) is 0 Å². The van der Waals surface area contributed by atoms with E-state index in [4.69, 9.17) is 5.21 Å². The Morgan fingerprint density at radius 1 is 1.24 bits per heavy atom. The molecule has 1 aromatic carbocycles. The Morgan fingerprint density at radius 3 is 2.71 bits per heavy atom. The lowest BCUT2D eigenvalue weighted by Gasteiger charge is -2.22. The van der Waals surface area contributed by atoms with Gasteiger partial charge in [-0.25, -0.2) is 0 Å². The molecule has 0 heterocycles. The third-order valence-electron chi connectivity index (χ3n) is 4.01. The minimum Gasteiger partial charge on any atom is -0.411 e. The predicted octanol–water partition coefficient (Wildman–Crippen LogP) is 3.72. The van der Waals surface area contributed by atoms with Crippen LogP contribution in [0.25, 0.3) is 0 Å². The summed E-state index contributed by atoms with van der Waals surface area (Å²) in [5.41, 5.74) is 2.32. The highest BCUT2D eigenvalue weighted by Gasteiger charge is 2.45. The molecule has 17 heavy (non-hydrogen) atoms. The fraction of sp³-hybridized carbons (Fsp3) is 0.500. The molecule has 2 fully saturated rings. The second-order valence-electron chi connectivity index (χ2n) is 5.15. The van der Waals surface area contributed by atoms with Gasteiger partial charge in [-0.1, -0.05) is 22.9 Å². The van der Waals surface area contributed by atoms with Crippen molar-refractivity contribution < 1.29 is 5.21 Å². The monoisotopic (exact) mass is 247 g/mol. The second-order valence-corrected chi connectivity index (χ2v) is 6.36. The number of aryl methyl sites for hydroxylation is 1. The van der Waals surface area contributed by atoms with E-state index in [1.165, 1.54) is 29.7 Å². The molecule has 2 nitrogen and oxygen atoms in total. The smallest absolute Gasteiger partial charge is 0.0737 e. The van der Waals surface area contributed by atoms with Gasteiger partial charge >= 0.3 is 0 Å². The van der Waals surface area contributed by atoms with Crippen molar-refractivity contribution in [2.45, 2.75) is 36.3 Å². The summed E-state index contributed by atoms with van der Waals surface area (Å²) < 4.78 is 0. The molecular weight excluding hydrogens is 230 g/mol. The van der Waals surface area contributed by atoms with Crippen LogP contribution in [0.2, 0.25) is 0 Å². The van der Waals surface area contributed by atoms with Crippen molar-refractivity contribution in [1.82, 2.24) is 0 Å². The summed E-state index contributed by atoms with van der Waals surface area (Å²) in [6.45, 7) is 2.10. The molecule has 2 aliphatic rings. The summed E-state index contributed by atoms with van der Waals surface area (Å²) in [5, 5.41) is 13.1. The van der Waals surface area contributed by atoms with E-state index in [1.54, 1.807) is 0 Å². The molecule has 0 aromatic heterocycles. The minimum atomic E-state index is 0.404. The normalized spacial score (nSPS) is 33.5. The number of thioether (sulfide) groups is 1. The average Bonchev–Trinajstić information content (AvgIpc) is 2.92. The van der Waals surface area contributed by atoms with E-state index in [9.17, 15) is 0 Å². The van der Waals surface area contributed by atoms with Crippen molar-refractivity contribution in [2.24, 2.45) is 17.0 Å². The Bertz CT molecular complexity index is 440. The Balaban J connectivity index is 1.79. The molecular formula is C14H17NOS. The summed E-state index contributed by atoms with van der Waals surface area (Å²) in [6.07, 6.45) is 3.74. The van der Waals surface area contributed by atoms with Crippen LogP contribution in [-0.2, 0) is 0 Å². The van der Waals surface area contributed by atoms with Gasteiger partial charge < -0.3 is 5.21 Å². The standard InChI is InChI=1S/C14H17NOS/c1-9-2-6-12(7-3-9)17-14-11-5-4-10(8-11)13(14)15-16/h2-3,6-7,10-11,14,16H,4-5,8H2,1H3/b15-13-/t10-,11-,14+/m0/s1. The lowest BCUT2D eigenvalue weighted by atomic mass is 9.98. The molecule has 1 aromatic rings. The van der Waals surface area contributed by atoms with Crippen LogP contribution in [0, 0.1) is 18.8 Å². The Hall–Kier alpha value is -0.960. The topological polar surface area (TPSA) is 32.6 Å². The summed E-state index contributed by atoms with van der Waals surface area (Å²) in [4.78, 5) is 1.29. The fourth-order valence-electron chi connectivity index (χ4n) is 3.09. The number of nitrogens with zero attached hydrogens (tertiary/aromatic N) is 1. The van der Waals surface area contributed by atoms with Gasteiger partial charge in [0.15, 0.2) is 0 Å². The number of benzene rings is 1. The third kappa shape index (κ3) is 1.97. The predicted molar refractivity (Wildman–Crippen MR) is 70.9 cm³/mol. The van der Waals surface area contributed by atoms with Gasteiger partial charge in [-0.2, -0.15) is 0 Å². The number of hydrogen-bond acceptors (Lipinski definition) is 3. The van der Waals surface area contributed by atoms with Crippen LogP contribution in [0.4, 0.5) is 0 Å². The number of fused-ring (bicyclic) bond motifs is 2. The van der Waals surface area contributed by atoms with Gasteiger partial charge in [0.1, 0.15) is 0 Å². The molecule has 0 aliphatic heterocycles. The van der Waals surface area contributed by atoms with Gasteiger partial charge in [0.05, 0.1) is 11.0 Å². The maximum atomic E-state index is 9.16. The molecule has 3 heteroatoms. The first kappa shape index (κ1) is 11.1. The van der Waals surface area contributed by atoms with E-state index in [0.717, 1.165) is 11.6 Å². The second kappa shape index (κ2) is 4.37. The Morgan fingerprint density at radius 2 is 2.00 bits per heavy atom. The van der Waals surface area contributed by atoms with E-state index in [0.29, 0.717) is 11.2 Å². The zero-order chi connectivity index (χ0) is 11.8. The SMILES string of the molecule is Cc1ccc(S[C@H]2/C(=N\O)[C@H]3CC[C@H]2C3)cc1. The van der Waals surface area contributed by atoms with Crippen LogP contribution in [0.3, 0.4) is 0 Å². The zero-order valence-corrected chi connectivity index (χ0v) is 10.8. The molecule has 0 saturated heterocycles. The highest BCUT2D eigenvalue weighted by molar-refractivity contribution is 8.00. The third-order valence-corrected chi connectivity index (χ3v) is 5.44. The molecule has 0 spiro atoms. The molecule has 2 saturated carbocycles.